The van der Waals surface area contributed by atoms with E-state index < -0.39 is 10.0 Å². The molecule has 0 amide bonds. The van der Waals surface area contributed by atoms with Gasteiger partial charge in [-0.25, -0.2) is 13.6 Å². The van der Waals surface area contributed by atoms with E-state index in [0.717, 1.165) is 23.2 Å². The van der Waals surface area contributed by atoms with Crippen LogP contribution in [0.1, 0.15) is 23.6 Å². The first-order chi connectivity index (χ1) is 11.2. The predicted molar refractivity (Wildman–Crippen MR) is 103 cm³/mol. The van der Waals surface area contributed by atoms with E-state index in [-0.39, 0.29) is 4.90 Å². The molecule has 2 rings (SSSR count). The molecule has 5 nitrogen and oxygen atoms in total. The topological polar surface area (TPSA) is 84.2 Å². The third-order valence-corrected chi connectivity index (χ3v) is 4.93. The summed E-state index contributed by atoms with van der Waals surface area (Å²) >= 11 is 5.32. The molecule has 0 bridgehead atoms. The van der Waals surface area contributed by atoms with E-state index in [2.05, 4.69) is 17.6 Å². The lowest BCUT2D eigenvalue weighted by Crippen LogP contribution is -2.20. The molecule has 0 aliphatic rings. The monoisotopic (exact) mass is 363 g/mol. The first-order valence-electron chi connectivity index (χ1n) is 7.51. The molecular formula is C17H21N3O2S2. The Bertz CT molecular complexity index is 860. The second kappa shape index (κ2) is 7.29. The van der Waals surface area contributed by atoms with E-state index in [4.69, 9.17) is 17.4 Å². The molecule has 0 saturated heterocycles. The number of primary sulfonamides is 1. The normalized spacial score (nSPS) is 11.2. The van der Waals surface area contributed by atoms with E-state index in [1.165, 1.54) is 11.6 Å². The fraction of sp³-hybridized carbons (Fsp3) is 0.235. The number of hydrogen-bond donors (Lipinski definition) is 3. The van der Waals surface area contributed by atoms with Crippen LogP contribution in [0, 0.1) is 13.8 Å². The Kier molecular flexibility index (Phi) is 5.58. The molecule has 0 spiro atoms. The van der Waals surface area contributed by atoms with Gasteiger partial charge in [-0.15, -0.1) is 0 Å². The van der Waals surface area contributed by atoms with Gasteiger partial charge in [0.25, 0.3) is 0 Å². The van der Waals surface area contributed by atoms with E-state index in [9.17, 15) is 8.42 Å². The van der Waals surface area contributed by atoms with E-state index in [1.54, 1.807) is 6.07 Å². The quantitative estimate of drug-likeness (QED) is 0.726. The fourth-order valence-corrected chi connectivity index (χ4v) is 3.08. The molecule has 4 N–H and O–H groups in total. The van der Waals surface area contributed by atoms with Gasteiger partial charge in [0, 0.05) is 11.4 Å². The molecule has 2 aromatic rings. The number of rotatable bonds is 4. The van der Waals surface area contributed by atoms with Crippen LogP contribution >= 0.6 is 12.2 Å². The molecule has 0 heterocycles. The summed E-state index contributed by atoms with van der Waals surface area (Å²) in [7, 11) is -3.77. The van der Waals surface area contributed by atoms with Crippen LogP contribution < -0.4 is 15.8 Å². The molecule has 2 aromatic carbocycles. The Hall–Kier alpha value is -1.96. The van der Waals surface area contributed by atoms with E-state index in [0.29, 0.717) is 10.8 Å². The highest BCUT2D eigenvalue weighted by Crippen LogP contribution is 2.24. The number of benzene rings is 2. The molecule has 0 atom stereocenters. The Balaban J connectivity index is 2.20. The van der Waals surface area contributed by atoms with E-state index >= 15 is 0 Å². The van der Waals surface area contributed by atoms with Crippen molar-refractivity contribution in [1.82, 2.24) is 0 Å². The van der Waals surface area contributed by atoms with Crippen molar-refractivity contribution < 1.29 is 8.42 Å². The van der Waals surface area contributed by atoms with Crippen molar-refractivity contribution in [3.8, 4) is 0 Å². The zero-order chi connectivity index (χ0) is 17.9. The number of anilines is 2. The van der Waals surface area contributed by atoms with Crippen molar-refractivity contribution in [2.45, 2.75) is 32.1 Å². The van der Waals surface area contributed by atoms with Crippen molar-refractivity contribution in [2.75, 3.05) is 10.6 Å². The maximum atomic E-state index is 11.6. The molecule has 7 heteroatoms. The summed E-state index contributed by atoms with van der Waals surface area (Å²) in [5, 5.41) is 11.7. The average molecular weight is 364 g/mol. The summed E-state index contributed by atoms with van der Waals surface area (Å²) in [6.07, 6.45) is 0.974. The molecule has 24 heavy (non-hydrogen) atoms. The van der Waals surface area contributed by atoms with Gasteiger partial charge in [-0.05, 0) is 73.4 Å². The minimum absolute atomic E-state index is 0.0585. The summed E-state index contributed by atoms with van der Waals surface area (Å²) in [5.41, 5.74) is 4.45. The summed E-state index contributed by atoms with van der Waals surface area (Å²) in [6, 6.07) is 11.0. The number of nitrogens with two attached hydrogens (primary N) is 1. The molecule has 0 fully saturated rings. The van der Waals surface area contributed by atoms with Crippen LogP contribution in [-0.4, -0.2) is 13.5 Å². The summed E-state index contributed by atoms with van der Waals surface area (Å²) in [4.78, 5) is 0.0585. The predicted octanol–water partition coefficient (Wildman–Crippen LogP) is 3.32. The van der Waals surface area contributed by atoms with Gasteiger partial charge in [0.15, 0.2) is 5.11 Å². The number of hydrogen-bond acceptors (Lipinski definition) is 3. The molecular weight excluding hydrogens is 342 g/mol. The summed E-state index contributed by atoms with van der Waals surface area (Å²) in [6.45, 7) is 5.82. The lowest BCUT2D eigenvalue weighted by atomic mass is 10.1. The molecule has 0 radical (unpaired) electrons. The second-order valence-corrected chi connectivity index (χ2v) is 7.56. The third-order valence-electron chi connectivity index (χ3n) is 3.84. The van der Waals surface area contributed by atoms with Crippen LogP contribution in [0.5, 0.6) is 0 Å². The van der Waals surface area contributed by atoms with Gasteiger partial charge in [0.1, 0.15) is 0 Å². The largest absolute Gasteiger partial charge is 0.332 e. The Morgan fingerprint density at radius 2 is 1.75 bits per heavy atom. The SMILES string of the molecule is CCc1ccc(NC(=S)Nc2cc(S(N)(=O)=O)cc(C)c2C)cc1. The van der Waals surface area contributed by atoms with Crippen molar-refractivity contribution in [2.24, 2.45) is 5.14 Å². The van der Waals surface area contributed by atoms with Crippen LogP contribution in [0.15, 0.2) is 41.3 Å². The molecule has 0 aromatic heterocycles. The smallest absolute Gasteiger partial charge is 0.238 e. The summed E-state index contributed by atoms with van der Waals surface area (Å²) < 4.78 is 23.2. The van der Waals surface area contributed by atoms with Crippen LogP contribution in [0.3, 0.4) is 0 Å². The highest BCUT2D eigenvalue weighted by Gasteiger charge is 2.13. The second-order valence-electron chi connectivity index (χ2n) is 5.59. The van der Waals surface area contributed by atoms with Crippen molar-refractivity contribution >= 4 is 38.7 Å². The van der Waals surface area contributed by atoms with E-state index in [1.807, 2.05) is 38.1 Å². The zero-order valence-corrected chi connectivity index (χ0v) is 15.5. The maximum Gasteiger partial charge on any atom is 0.238 e. The minimum Gasteiger partial charge on any atom is -0.332 e. The van der Waals surface area contributed by atoms with Crippen LogP contribution in [0.2, 0.25) is 0 Å². The van der Waals surface area contributed by atoms with Gasteiger partial charge in [-0.1, -0.05) is 19.1 Å². The molecule has 0 aliphatic carbocycles. The Labute approximate surface area is 148 Å². The average Bonchev–Trinajstić information content (AvgIpc) is 2.51. The van der Waals surface area contributed by atoms with Gasteiger partial charge in [-0.2, -0.15) is 0 Å². The van der Waals surface area contributed by atoms with Gasteiger partial charge in [0.2, 0.25) is 10.0 Å². The molecule has 0 saturated carbocycles. The van der Waals surface area contributed by atoms with Crippen LogP contribution in [0.25, 0.3) is 0 Å². The lowest BCUT2D eigenvalue weighted by Gasteiger charge is -2.15. The van der Waals surface area contributed by atoms with Crippen molar-refractivity contribution in [3.63, 3.8) is 0 Å². The number of aryl methyl sites for hydroxylation is 2. The van der Waals surface area contributed by atoms with Gasteiger partial charge in [-0.3, -0.25) is 0 Å². The number of sulfonamides is 1. The van der Waals surface area contributed by atoms with Crippen LogP contribution in [-0.2, 0) is 16.4 Å². The zero-order valence-electron chi connectivity index (χ0n) is 13.9. The standard InChI is InChI=1S/C17H21N3O2S2/c1-4-13-5-7-14(8-6-13)19-17(23)20-16-10-15(24(18,21)22)9-11(2)12(16)3/h5-10H,4H2,1-3H3,(H2,18,21,22)(H2,19,20,23). The van der Waals surface area contributed by atoms with Gasteiger partial charge >= 0.3 is 0 Å². The minimum atomic E-state index is -3.77. The fourth-order valence-electron chi connectivity index (χ4n) is 2.23. The van der Waals surface area contributed by atoms with Crippen molar-refractivity contribution in [1.29, 1.82) is 0 Å². The first-order valence-corrected chi connectivity index (χ1v) is 9.47. The Morgan fingerprint density at radius 1 is 1.12 bits per heavy atom. The highest BCUT2D eigenvalue weighted by molar-refractivity contribution is 7.89. The maximum absolute atomic E-state index is 11.6. The van der Waals surface area contributed by atoms with Crippen molar-refractivity contribution in [3.05, 3.63) is 53.1 Å². The number of thiocarbonyl (C=S) groups is 1. The molecule has 0 unspecified atom stereocenters. The third kappa shape index (κ3) is 4.53. The van der Waals surface area contributed by atoms with Gasteiger partial charge in [0.05, 0.1) is 4.90 Å². The highest BCUT2D eigenvalue weighted by atomic mass is 32.2. The van der Waals surface area contributed by atoms with Gasteiger partial charge < -0.3 is 10.6 Å². The number of nitrogens with one attached hydrogen (secondary N) is 2. The Morgan fingerprint density at radius 3 is 2.29 bits per heavy atom. The van der Waals surface area contributed by atoms with Crippen LogP contribution in [0.4, 0.5) is 11.4 Å². The molecule has 0 aliphatic heterocycles. The first kappa shape index (κ1) is 18.4. The lowest BCUT2D eigenvalue weighted by molar-refractivity contribution is 0.597. The summed E-state index contributed by atoms with van der Waals surface area (Å²) in [5.74, 6) is 0. The molecule has 128 valence electrons.